The SMILES string of the molecule is CCc1ccc(C2OCCC(CO)O2)cc1. The highest BCUT2D eigenvalue weighted by Gasteiger charge is 2.23. The van der Waals surface area contributed by atoms with Crippen LogP contribution >= 0.6 is 0 Å². The molecule has 0 aromatic heterocycles. The van der Waals surface area contributed by atoms with E-state index in [4.69, 9.17) is 14.6 Å². The highest BCUT2D eigenvalue weighted by atomic mass is 16.7. The molecule has 3 nitrogen and oxygen atoms in total. The van der Waals surface area contributed by atoms with Crippen molar-refractivity contribution in [3.63, 3.8) is 0 Å². The second-order valence-electron chi connectivity index (χ2n) is 4.03. The lowest BCUT2D eigenvalue weighted by atomic mass is 10.1. The van der Waals surface area contributed by atoms with Gasteiger partial charge in [0.05, 0.1) is 19.3 Å². The maximum absolute atomic E-state index is 9.06. The zero-order valence-electron chi connectivity index (χ0n) is 9.56. The van der Waals surface area contributed by atoms with Gasteiger partial charge in [-0.2, -0.15) is 0 Å². The van der Waals surface area contributed by atoms with Crippen molar-refractivity contribution in [2.24, 2.45) is 0 Å². The van der Waals surface area contributed by atoms with Crippen LogP contribution in [0.5, 0.6) is 0 Å². The molecule has 1 aromatic rings. The zero-order chi connectivity index (χ0) is 11.4. The van der Waals surface area contributed by atoms with Crippen LogP contribution in [0.4, 0.5) is 0 Å². The van der Waals surface area contributed by atoms with E-state index in [0.717, 1.165) is 18.4 Å². The fourth-order valence-electron chi connectivity index (χ4n) is 1.81. The van der Waals surface area contributed by atoms with Gasteiger partial charge in [-0.05, 0) is 18.4 Å². The summed E-state index contributed by atoms with van der Waals surface area (Å²) >= 11 is 0. The number of benzene rings is 1. The first-order chi connectivity index (χ1) is 7.83. The molecule has 88 valence electrons. The normalized spacial score (nSPS) is 25.6. The molecular weight excluding hydrogens is 204 g/mol. The number of aliphatic hydroxyl groups excluding tert-OH is 1. The summed E-state index contributed by atoms with van der Waals surface area (Å²) in [4.78, 5) is 0. The number of aryl methyl sites for hydroxylation is 1. The Hall–Kier alpha value is -0.900. The summed E-state index contributed by atoms with van der Waals surface area (Å²) in [7, 11) is 0. The first kappa shape index (κ1) is 11.6. The summed E-state index contributed by atoms with van der Waals surface area (Å²) < 4.78 is 11.2. The van der Waals surface area contributed by atoms with Gasteiger partial charge in [0.25, 0.3) is 0 Å². The number of ether oxygens (including phenoxy) is 2. The maximum atomic E-state index is 9.06. The molecule has 0 saturated carbocycles. The molecule has 0 amide bonds. The van der Waals surface area contributed by atoms with E-state index in [1.807, 2.05) is 12.1 Å². The number of rotatable bonds is 3. The fourth-order valence-corrected chi connectivity index (χ4v) is 1.81. The van der Waals surface area contributed by atoms with E-state index in [0.29, 0.717) is 6.61 Å². The van der Waals surface area contributed by atoms with Gasteiger partial charge in [-0.15, -0.1) is 0 Å². The molecule has 1 fully saturated rings. The largest absolute Gasteiger partial charge is 0.394 e. The van der Waals surface area contributed by atoms with Crippen LogP contribution in [0.3, 0.4) is 0 Å². The molecule has 1 heterocycles. The highest BCUT2D eigenvalue weighted by molar-refractivity contribution is 5.23. The molecular formula is C13H18O3. The Morgan fingerprint density at radius 2 is 2.06 bits per heavy atom. The molecule has 2 unspecified atom stereocenters. The van der Waals surface area contributed by atoms with Crippen LogP contribution in [0.2, 0.25) is 0 Å². The number of hydrogen-bond donors (Lipinski definition) is 1. The summed E-state index contributed by atoms with van der Waals surface area (Å²) in [6, 6.07) is 8.24. The van der Waals surface area contributed by atoms with Gasteiger partial charge >= 0.3 is 0 Å². The molecule has 0 radical (unpaired) electrons. The van der Waals surface area contributed by atoms with E-state index >= 15 is 0 Å². The lowest BCUT2D eigenvalue weighted by Crippen LogP contribution is -2.29. The average molecular weight is 222 g/mol. The summed E-state index contributed by atoms with van der Waals surface area (Å²) in [6.45, 7) is 2.84. The van der Waals surface area contributed by atoms with E-state index in [9.17, 15) is 0 Å². The lowest BCUT2D eigenvalue weighted by Gasteiger charge is -2.29. The topological polar surface area (TPSA) is 38.7 Å². The van der Waals surface area contributed by atoms with Crippen molar-refractivity contribution >= 4 is 0 Å². The molecule has 1 saturated heterocycles. The van der Waals surface area contributed by atoms with E-state index in [1.54, 1.807) is 0 Å². The van der Waals surface area contributed by atoms with Gasteiger partial charge in [0.15, 0.2) is 6.29 Å². The van der Waals surface area contributed by atoms with Crippen molar-refractivity contribution in [3.8, 4) is 0 Å². The standard InChI is InChI=1S/C13H18O3/c1-2-10-3-5-11(6-4-10)13-15-8-7-12(9-14)16-13/h3-6,12-14H,2,7-9H2,1H3. The fraction of sp³-hybridized carbons (Fsp3) is 0.538. The third kappa shape index (κ3) is 2.61. The molecule has 1 aliphatic heterocycles. The Morgan fingerprint density at radius 1 is 1.31 bits per heavy atom. The molecule has 3 heteroatoms. The van der Waals surface area contributed by atoms with Gasteiger partial charge in [0, 0.05) is 5.56 Å². The first-order valence-electron chi connectivity index (χ1n) is 5.80. The predicted octanol–water partition coefficient (Wildman–Crippen LogP) is 2.05. The van der Waals surface area contributed by atoms with Crippen LogP contribution in [0.1, 0.15) is 30.8 Å². The molecule has 1 aliphatic rings. The van der Waals surface area contributed by atoms with Crippen LogP contribution < -0.4 is 0 Å². The van der Waals surface area contributed by atoms with Crippen LogP contribution in [-0.4, -0.2) is 24.4 Å². The second-order valence-corrected chi connectivity index (χ2v) is 4.03. The Kier molecular flexibility index (Phi) is 3.93. The van der Waals surface area contributed by atoms with Gasteiger partial charge in [0.2, 0.25) is 0 Å². The summed E-state index contributed by atoms with van der Waals surface area (Å²) in [5.74, 6) is 0. The van der Waals surface area contributed by atoms with Crippen molar-refractivity contribution in [1.29, 1.82) is 0 Å². The Balaban J connectivity index is 2.05. The Morgan fingerprint density at radius 3 is 2.69 bits per heavy atom. The van der Waals surface area contributed by atoms with Gasteiger partial charge in [-0.1, -0.05) is 31.2 Å². The van der Waals surface area contributed by atoms with Gasteiger partial charge < -0.3 is 14.6 Å². The van der Waals surface area contributed by atoms with Crippen LogP contribution in [0, 0.1) is 0 Å². The molecule has 0 spiro atoms. The average Bonchev–Trinajstić information content (AvgIpc) is 2.39. The number of aliphatic hydroxyl groups is 1. The first-order valence-corrected chi connectivity index (χ1v) is 5.80. The minimum absolute atomic E-state index is 0.0624. The van der Waals surface area contributed by atoms with Crippen molar-refractivity contribution < 1.29 is 14.6 Å². The minimum Gasteiger partial charge on any atom is -0.394 e. The van der Waals surface area contributed by atoms with E-state index in [2.05, 4.69) is 19.1 Å². The predicted molar refractivity (Wildman–Crippen MR) is 61.1 cm³/mol. The van der Waals surface area contributed by atoms with Crippen molar-refractivity contribution in [1.82, 2.24) is 0 Å². The minimum atomic E-state index is -0.322. The molecule has 1 N–H and O–H groups in total. The van der Waals surface area contributed by atoms with E-state index in [-0.39, 0.29) is 19.0 Å². The summed E-state index contributed by atoms with van der Waals surface area (Å²) in [6.07, 6.45) is 1.38. The Bertz CT molecular complexity index is 320. The highest BCUT2D eigenvalue weighted by Crippen LogP contribution is 2.26. The third-order valence-corrected chi connectivity index (χ3v) is 2.89. The van der Waals surface area contributed by atoms with Crippen LogP contribution in [-0.2, 0) is 15.9 Å². The quantitative estimate of drug-likeness (QED) is 0.850. The smallest absolute Gasteiger partial charge is 0.184 e. The van der Waals surface area contributed by atoms with Crippen molar-refractivity contribution in [3.05, 3.63) is 35.4 Å². The summed E-state index contributed by atoms with van der Waals surface area (Å²) in [5.41, 5.74) is 2.33. The third-order valence-electron chi connectivity index (χ3n) is 2.89. The number of hydrogen-bond acceptors (Lipinski definition) is 3. The Labute approximate surface area is 96.0 Å². The van der Waals surface area contributed by atoms with Crippen LogP contribution in [0.25, 0.3) is 0 Å². The molecule has 0 aliphatic carbocycles. The lowest BCUT2D eigenvalue weighted by molar-refractivity contribution is -0.224. The molecule has 0 bridgehead atoms. The zero-order valence-corrected chi connectivity index (χ0v) is 9.56. The molecule has 2 rings (SSSR count). The van der Waals surface area contributed by atoms with Crippen LogP contribution in [0.15, 0.2) is 24.3 Å². The second kappa shape index (κ2) is 5.43. The van der Waals surface area contributed by atoms with Gasteiger partial charge in [-0.3, -0.25) is 0 Å². The maximum Gasteiger partial charge on any atom is 0.184 e. The van der Waals surface area contributed by atoms with Crippen molar-refractivity contribution in [2.75, 3.05) is 13.2 Å². The van der Waals surface area contributed by atoms with E-state index in [1.165, 1.54) is 5.56 Å². The van der Waals surface area contributed by atoms with Crippen molar-refractivity contribution in [2.45, 2.75) is 32.2 Å². The van der Waals surface area contributed by atoms with Gasteiger partial charge in [-0.25, -0.2) is 0 Å². The molecule has 1 aromatic carbocycles. The molecule has 16 heavy (non-hydrogen) atoms. The van der Waals surface area contributed by atoms with Gasteiger partial charge in [0.1, 0.15) is 0 Å². The molecule has 2 atom stereocenters. The van der Waals surface area contributed by atoms with E-state index < -0.39 is 0 Å². The summed E-state index contributed by atoms with van der Waals surface area (Å²) in [5, 5.41) is 9.06. The monoisotopic (exact) mass is 222 g/mol.